The van der Waals surface area contributed by atoms with Gasteiger partial charge in [0.2, 0.25) is 0 Å². The number of rotatable bonds is 3. The van der Waals surface area contributed by atoms with Crippen LogP contribution in [-0.4, -0.2) is 24.6 Å². The molecule has 0 saturated carbocycles. The van der Waals surface area contributed by atoms with Crippen molar-refractivity contribution < 1.29 is 9.53 Å². The number of anilines is 1. The van der Waals surface area contributed by atoms with E-state index in [9.17, 15) is 4.79 Å². The van der Waals surface area contributed by atoms with Crippen LogP contribution in [0.25, 0.3) is 5.57 Å². The first kappa shape index (κ1) is 15.4. The molecule has 114 valence electrons. The molecule has 5 nitrogen and oxygen atoms in total. The van der Waals surface area contributed by atoms with Crippen LogP contribution in [0.3, 0.4) is 0 Å². The van der Waals surface area contributed by atoms with Crippen LogP contribution in [0.4, 0.5) is 5.69 Å². The first-order valence-electron chi connectivity index (χ1n) is 7.00. The Morgan fingerprint density at radius 1 is 1.43 bits per heavy atom. The molecule has 1 amide bonds. The van der Waals surface area contributed by atoms with Crippen molar-refractivity contribution in [3.05, 3.63) is 29.8 Å². The van der Waals surface area contributed by atoms with Crippen molar-refractivity contribution in [3.63, 3.8) is 0 Å². The summed E-state index contributed by atoms with van der Waals surface area (Å²) in [5.41, 5.74) is 5.09. The van der Waals surface area contributed by atoms with E-state index >= 15 is 0 Å². The van der Waals surface area contributed by atoms with Crippen LogP contribution in [0.15, 0.2) is 24.3 Å². The Balaban J connectivity index is 2.67. The van der Waals surface area contributed by atoms with Gasteiger partial charge in [-0.1, -0.05) is 18.2 Å². The van der Waals surface area contributed by atoms with Gasteiger partial charge in [0, 0.05) is 5.56 Å². The number of para-hydroxylation sites is 1. The van der Waals surface area contributed by atoms with E-state index < -0.39 is 6.04 Å². The number of nitrogens with one attached hydrogen (secondary N) is 1. The molecule has 1 unspecified atom stereocenters. The number of hydrazine groups is 1. The molecule has 1 heterocycles. The van der Waals surface area contributed by atoms with E-state index in [1.807, 2.05) is 25.1 Å². The number of fused-ring (bicyclic) bond motifs is 1. The van der Waals surface area contributed by atoms with Crippen LogP contribution in [0.1, 0.15) is 33.3 Å². The first-order valence-corrected chi connectivity index (χ1v) is 7.00. The zero-order valence-corrected chi connectivity index (χ0v) is 13.2. The highest BCUT2D eigenvalue weighted by molar-refractivity contribution is 5.91. The molecule has 0 radical (unpaired) electrons. The van der Waals surface area contributed by atoms with Gasteiger partial charge in [-0.3, -0.25) is 10.2 Å². The molecule has 0 aliphatic carbocycles. The van der Waals surface area contributed by atoms with Crippen LogP contribution in [0.5, 0.6) is 5.75 Å². The third kappa shape index (κ3) is 2.49. The highest BCUT2D eigenvalue weighted by atomic mass is 16.5. The minimum atomic E-state index is -0.413. The van der Waals surface area contributed by atoms with Crippen molar-refractivity contribution in [1.82, 2.24) is 5.43 Å². The molecule has 1 aliphatic rings. The average molecular weight is 289 g/mol. The number of nitrogens with zero attached hydrogens (tertiary/aromatic N) is 1. The fourth-order valence-electron chi connectivity index (χ4n) is 3.15. The van der Waals surface area contributed by atoms with Gasteiger partial charge >= 0.3 is 0 Å². The largest absolute Gasteiger partial charge is 0.495 e. The minimum absolute atomic E-state index is 0.229. The second kappa shape index (κ2) is 5.41. The number of hydrogen-bond donors (Lipinski definition) is 2. The average Bonchev–Trinajstić information content (AvgIpc) is 2.44. The summed E-state index contributed by atoms with van der Waals surface area (Å²) < 4.78 is 5.52. The molecule has 0 bridgehead atoms. The van der Waals surface area contributed by atoms with Crippen LogP contribution in [0.2, 0.25) is 0 Å². The molecular weight excluding hydrogens is 266 g/mol. The van der Waals surface area contributed by atoms with Crippen molar-refractivity contribution in [2.75, 3.05) is 12.0 Å². The SMILES string of the molecule is COc1cccc2c1N(C(C)C(=O)NN)C(C)(C)C=C2C. The van der Waals surface area contributed by atoms with Crippen LogP contribution in [-0.2, 0) is 4.79 Å². The summed E-state index contributed by atoms with van der Waals surface area (Å²) in [5, 5.41) is 0. The fraction of sp³-hybridized carbons (Fsp3) is 0.438. The van der Waals surface area contributed by atoms with Gasteiger partial charge in [0.1, 0.15) is 11.8 Å². The van der Waals surface area contributed by atoms with Crippen molar-refractivity contribution in [2.24, 2.45) is 5.84 Å². The summed E-state index contributed by atoms with van der Waals surface area (Å²) >= 11 is 0. The summed E-state index contributed by atoms with van der Waals surface area (Å²) in [6, 6.07) is 5.50. The van der Waals surface area contributed by atoms with Gasteiger partial charge in [-0.05, 0) is 39.3 Å². The highest BCUT2D eigenvalue weighted by Gasteiger charge is 2.38. The third-order valence-electron chi connectivity index (χ3n) is 3.98. The first-order chi connectivity index (χ1) is 9.83. The van der Waals surface area contributed by atoms with Crippen LogP contribution < -0.4 is 20.9 Å². The Labute approximate surface area is 125 Å². The summed E-state index contributed by atoms with van der Waals surface area (Å²) in [4.78, 5) is 14.1. The van der Waals surface area contributed by atoms with Crippen molar-refractivity contribution in [3.8, 4) is 5.75 Å². The summed E-state index contributed by atoms with van der Waals surface area (Å²) in [5.74, 6) is 5.84. The molecule has 21 heavy (non-hydrogen) atoms. The molecular formula is C16H23N3O2. The van der Waals surface area contributed by atoms with E-state index in [0.717, 1.165) is 17.0 Å². The molecule has 2 rings (SSSR count). The van der Waals surface area contributed by atoms with E-state index in [1.165, 1.54) is 5.57 Å². The molecule has 0 saturated heterocycles. The van der Waals surface area contributed by atoms with E-state index in [0.29, 0.717) is 0 Å². The molecule has 1 atom stereocenters. The van der Waals surface area contributed by atoms with Gasteiger partial charge in [0.05, 0.1) is 18.3 Å². The second-order valence-corrected chi connectivity index (χ2v) is 5.89. The van der Waals surface area contributed by atoms with Gasteiger partial charge in [0.15, 0.2) is 0 Å². The second-order valence-electron chi connectivity index (χ2n) is 5.89. The lowest BCUT2D eigenvalue weighted by molar-refractivity contribution is -0.122. The molecule has 1 aromatic rings. The molecule has 0 spiro atoms. The monoisotopic (exact) mass is 289 g/mol. The molecule has 0 aromatic heterocycles. The van der Waals surface area contributed by atoms with Crippen molar-refractivity contribution in [1.29, 1.82) is 0 Å². The normalized spacial score (nSPS) is 17.6. The van der Waals surface area contributed by atoms with Crippen LogP contribution in [0, 0.1) is 0 Å². The molecule has 0 fully saturated rings. The van der Waals surface area contributed by atoms with E-state index in [4.69, 9.17) is 10.6 Å². The summed E-state index contributed by atoms with van der Waals surface area (Å²) in [6.07, 6.45) is 2.16. The highest BCUT2D eigenvalue weighted by Crippen LogP contribution is 2.45. The maximum absolute atomic E-state index is 12.1. The van der Waals surface area contributed by atoms with E-state index in [2.05, 4.69) is 37.2 Å². The van der Waals surface area contributed by atoms with E-state index in [1.54, 1.807) is 7.11 Å². The van der Waals surface area contributed by atoms with E-state index in [-0.39, 0.29) is 11.4 Å². The number of ether oxygens (including phenoxy) is 1. The number of methoxy groups -OCH3 is 1. The molecule has 3 N–H and O–H groups in total. The lowest BCUT2D eigenvalue weighted by Gasteiger charge is -2.46. The molecule has 5 heteroatoms. The zero-order valence-electron chi connectivity index (χ0n) is 13.2. The number of hydrogen-bond acceptors (Lipinski definition) is 4. The number of carbonyl (C=O) groups excluding carboxylic acids is 1. The van der Waals surface area contributed by atoms with Crippen molar-refractivity contribution in [2.45, 2.75) is 39.3 Å². The Kier molecular flexibility index (Phi) is 3.96. The fourth-order valence-corrected chi connectivity index (χ4v) is 3.15. The minimum Gasteiger partial charge on any atom is -0.495 e. The number of benzene rings is 1. The lowest BCUT2D eigenvalue weighted by Crippen LogP contribution is -2.56. The Morgan fingerprint density at radius 2 is 2.10 bits per heavy atom. The van der Waals surface area contributed by atoms with Gasteiger partial charge < -0.3 is 9.64 Å². The predicted octanol–water partition coefficient (Wildman–Crippen LogP) is 2.08. The standard InChI is InChI=1S/C16H23N3O2/c1-10-9-16(3,4)19(11(2)15(20)18-17)14-12(10)7-6-8-13(14)21-5/h6-9,11H,17H2,1-5H3,(H,18,20). The van der Waals surface area contributed by atoms with Gasteiger partial charge in [0.25, 0.3) is 5.91 Å². The quantitative estimate of drug-likeness (QED) is 0.508. The maximum atomic E-state index is 12.1. The Bertz CT molecular complexity index is 593. The van der Waals surface area contributed by atoms with Gasteiger partial charge in [-0.15, -0.1) is 0 Å². The number of amides is 1. The number of allylic oxidation sites excluding steroid dienone is 1. The Morgan fingerprint density at radius 3 is 2.67 bits per heavy atom. The summed E-state index contributed by atoms with van der Waals surface area (Å²) in [7, 11) is 1.64. The van der Waals surface area contributed by atoms with Gasteiger partial charge in [-0.2, -0.15) is 0 Å². The summed E-state index contributed by atoms with van der Waals surface area (Å²) in [6.45, 7) is 8.07. The third-order valence-corrected chi connectivity index (χ3v) is 3.98. The topological polar surface area (TPSA) is 67.6 Å². The smallest absolute Gasteiger partial charge is 0.256 e. The molecule has 1 aromatic carbocycles. The molecule has 1 aliphatic heterocycles. The van der Waals surface area contributed by atoms with Crippen molar-refractivity contribution >= 4 is 17.2 Å². The van der Waals surface area contributed by atoms with Gasteiger partial charge in [-0.25, -0.2) is 5.84 Å². The predicted molar refractivity (Wildman–Crippen MR) is 85.0 cm³/mol. The van der Waals surface area contributed by atoms with Crippen LogP contribution >= 0.6 is 0 Å². The number of carbonyl (C=O) groups is 1. The number of nitrogens with two attached hydrogens (primary N) is 1. The lowest BCUT2D eigenvalue weighted by atomic mass is 9.87. The maximum Gasteiger partial charge on any atom is 0.256 e. The zero-order chi connectivity index (χ0) is 15.8. The Hall–Kier alpha value is -2.01.